The van der Waals surface area contributed by atoms with Gasteiger partial charge in [0.2, 0.25) is 0 Å². The highest BCUT2D eigenvalue weighted by Crippen LogP contribution is 2.32. The van der Waals surface area contributed by atoms with Crippen molar-refractivity contribution >= 4 is 23.3 Å². The minimum atomic E-state index is -0.755. The molecule has 3 N–H and O–H groups in total. The lowest BCUT2D eigenvalue weighted by Crippen LogP contribution is -2.22. The van der Waals surface area contributed by atoms with Gasteiger partial charge in [0.25, 0.3) is 11.8 Å². The quantitative estimate of drug-likeness (QED) is 0.602. The summed E-state index contributed by atoms with van der Waals surface area (Å²) in [5.74, 6) is -1.75. The zero-order chi connectivity index (χ0) is 21.3. The summed E-state index contributed by atoms with van der Waals surface area (Å²) in [6, 6.07) is 8.13. The molecule has 0 aliphatic carbocycles. The van der Waals surface area contributed by atoms with Crippen LogP contribution < -0.4 is 16.0 Å². The van der Waals surface area contributed by atoms with E-state index in [9.17, 15) is 18.4 Å². The molecule has 4 rings (SSSR count). The fourth-order valence-electron chi connectivity index (χ4n) is 3.20. The highest BCUT2D eigenvalue weighted by molar-refractivity contribution is 6.04. The van der Waals surface area contributed by atoms with Crippen LogP contribution in [-0.2, 0) is 6.54 Å². The fraction of sp³-hybridized carbons (Fsp3) is 0.143. The van der Waals surface area contributed by atoms with Gasteiger partial charge in [0.15, 0.2) is 0 Å². The molecule has 1 aliphatic rings. The summed E-state index contributed by atoms with van der Waals surface area (Å²) in [4.78, 5) is 32.6. The van der Waals surface area contributed by atoms with Crippen LogP contribution in [0.3, 0.4) is 0 Å². The van der Waals surface area contributed by atoms with Crippen molar-refractivity contribution in [3.63, 3.8) is 0 Å². The fourth-order valence-corrected chi connectivity index (χ4v) is 3.20. The summed E-state index contributed by atoms with van der Waals surface area (Å²) < 4.78 is 28.5. The predicted molar refractivity (Wildman–Crippen MR) is 106 cm³/mol. The molecule has 7 nitrogen and oxygen atoms in total. The molecule has 0 fully saturated rings. The molecule has 0 saturated heterocycles. The van der Waals surface area contributed by atoms with Crippen LogP contribution in [0, 0.1) is 11.6 Å². The van der Waals surface area contributed by atoms with Gasteiger partial charge in [-0.2, -0.15) is 0 Å². The molecule has 152 valence electrons. The Labute approximate surface area is 170 Å². The van der Waals surface area contributed by atoms with E-state index in [2.05, 4.69) is 25.9 Å². The van der Waals surface area contributed by atoms with E-state index in [4.69, 9.17) is 0 Å². The van der Waals surface area contributed by atoms with E-state index in [0.717, 1.165) is 12.1 Å². The van der Waals surface area contributed by atoms with Gasteiger partial charge in [-0.1, -0.05) is 6.07 Å². The minimum absolute atomic E-state index is 0.0577. The number of rotatable bonds is 5. The van der Waals surface area contributed by atoms with Crippen LogP contribution in [0.15, 0.2) is 42.6 Å². The van der Waals surface area contributed by atoms with Crippen LogP contribution in [0.1, 0.15) is 33.3 Å². The van der Waals surface area contributed by atoms with Crippen molar-refractivity contribution in [1.29, 1.82) is 0 Å². The molecule has 0 saturated carbocycles. The Kier molecular flexibility index (Phi) is 5.09. The van der Waals surface area contributed by atoms with Crippen molar-refractivity contribution in [1.82, 2.24) is 20.6 Å². The van der Waals surface area contributed by atoms with Crippen molar-refractivity contribution in [3.8, 4) is 11.3 Å². The predicted octanol–water partition coefficient (Wildman–Crippen LogP) is 3.16. The Morgan fingerprint density at radius 2 is 1.93 bits per heavy atom. The largest absolute Gasteiger partial charge is 0.352 e. The standard InChI is InChI=1S/C21H17F2N5O2/c1-2-24-20(29)11-6-7-17(25-9-11)28-15-8-14(18-12(22)4-3-5-13(18)23)27-16-10-26-21(30)19(15)16/h3-9H,2,10H2,1H3,(H,24,29)(H,26,30)(H,25,27,28). The number of amides is 2. The van der Waals surface area contributed by atoms with Crippen molar-refractivity contribution in [2.75, 3.05) is 11.9 Å². The topological polar surface area (TPSA) is 96.0 Å². The molecule has 0 spiro atoms. The summed E-state index contributed by atoms with van der Waals surface area (Å²) in [6.45, 7) is 2.45. The number of hydrogen-bond donors (Lipinski definition) is 3. The highest BCUT2D eigenvalue weighted by atomic mass is 19.1. The van der Waals surface area contributed by atoms with Gasteiger partial charge in [-0.15, -0.1) is 0 Å². The monoisotopic (exact) mass is 409 g/mol. The number of hydrogen-bond acceptors (Lipinski definition) is 5. The summed E-state index contributed by atoms with van der Waals surface area (Å²) >= 11 is 0. The number of nitrogens with one attached hydrogen (secondary N) is 3. The second kappa shape index (κ2) is 7.86. The van der Waals surface area contributed by atoms with E-state index in [1.165, 1.54) is 18.3 Å². The zero-order valence-electron chi connectivity index (χ0n) is 15.9. The molecule has 0 radical (unpaired) electrons. The van der Waals surface area contributed by atoms with Crippen LogP contribution >= 0.6 is 0 Å². The van der Waals surface area contributed by atoms with E-state index < -0.39 is 11.6 Å². The normalized spacial score (nSPS) is 12.3. The number of benzene rings is 1. The summed E-state index contributed by atoms with van der Waals surface area (Å²) in [7, 11) is 0. The molecule has 1 aromatic carbocycles. The first-order valence-electron chi connectivity index (χ1n) is 9.25. The number of fused-ring (bicyclic) bond motifs is 1. The maximum Gasteiger partial charge on any atom is 0.255 e. The summed E-state index contributed by atoms with van der Waals surface area (Å²) in [6.07, 6.45) is 1.40. The third-order valence-corrected chi connectivity index (χ3v) is 4.58. The molecule has 9 heteroatoms. The molecule has 0 unspecified atom stereocenters. The Balaban J connectivity index is 1.73. The number of nitrogens with zero attached hydrogens (tertiary/aromatic N) is 2. The first-order chi connectivity index (χ1) is 14.5. The molecule has 3 aromatic rings. The molecule has 2 aromatic heterocycles. The average Bonchev–Trinajstić information content (AvgIpc) is 3.10. The van der Waals surface area contributed by atoms with E-state index in [1.54, 1.807) is 12.1 Å². The molecule has 3 heterocycles. The van der Waals surface area contributed by atoms with Gasteiger partial charge in [-0.25, -0.2) is 18.7 Å². The molecular formula is C21H17F2N5O2. The second-order valence-corrected chi connectivity index (χ2v) is 6.57. The number of halogens is 2. The van der Waals surface area contributed by atoms with Gasteiger partial charge in [0.1, 0.15) is 17.5 Å². The van der Waals surface area contributed by atoms with Gasteiger partial charge in [-0.05, 0) is 37.3 Å². The van der Waals surface area contributed by atoms with Gasteiger partial charge in [0, 0.05) is 12.7 Å². The van der Waals surface area contributed by atoms with E-state index in [1.807, 2.05) is 6.92 Å². The third kappa shape index (κ3) is 3.57. The van der Waals surface area contributed by atoms with Crippen molar-refractivity contribution in [2.24, 2.45) is 0 Å². The maximum atomic E-state index is 14.3. The smallest absolute Gasteiger partial charge is 0.255 e. The Morgan fingerprint density at radius 3 is 2.60 bits per heavy atom. The first-order valence-corrected chi connectivity index (χ1v) is 9.25. The van der Waals surface area contributed by atoms with Crippen LogP contribution in [0.4, 0.5) is 20.3 Å². The Morgan fingerprint density at radius 1 is 1.17 bits per heavy atom. The first kappa shape index (κ1) is 19.4. The second-order valence-electron chi connectivity index (χ2n) is 6.57. The lowest BCUT2D eigenvalue weighted by molar-refractivity contribution is 0.0951. The lowest BCUT2D eigenvalue weighted by Gasteiger charge is -2.13. The molecule has 2 amide bonds. The molecule has 0 bridgehead atoms. The summed E-state index contributed by atoms with van der Waals surface area (Å²) in [5.41, 5.74) is 1.14. The van der Waals surface area contributed by atoms with Gasteiger partial charge in [-0.3, -0.25) is 9.59 Å². The maximum absolute atomic E-state index is 14.3. The van der Waals surface area contributed by atoms with Crippen LogP contribution in [0.25, 0.3) is 11.3 Å². The number of aromatic nitrogens is 2. The van der Waals surface area contributed by atoms with Crippen molar-refractivity contribution < 1.29 is 18.4 Å². The van der Waals surface area contributed by atoms with Crippen molar-refractivity contribution in [2.45, 2.75) is 13.5 Å². The van der Waals surface area contributed by atoms with Crippen molar-refractivity contribution in [3.05, 3.63) is 71.1 Å². The Bertz CT molecular complexity index is 1130. The van der Waals surface area contributed by atoms with Crippen LogP contribution in [0.2, 0.25) is 0 Å². The molecule has 30 heavy (non-hydrogen) atoms. The third-order valence-electron chi connectivity index (χ3n) is 4.58. The van der Waals surface area contributed by atoms with Crippen LogP contribution in [0.5, 0.6) is 0 Å². The van der Waals surface area contributed by atoms with Crippen LogP contribution in [-0.4, -0.2) is 28.3 Å². The molecular weight excluding hydrogens is 392 g/mol. The van der Waals surface area contributed by atoms with E-state index in [-0.39, 0.29) is 35.2 Å². The zero-order valence-corrected chi connectivity index (χ0v) is 15.9. The minimum Gasteiger partial charge on any atom is -0.352 e. The number of anilines is 2. The summed E-state index contributed by atoms with van der Waals surface area (Å²) in [5, 5.41) is 8.32. The number of carbonyl (C=O) groups is 2. The van der Waals surface area contributed by atoms with Gasteiger partial charge >= 0.3 is 0 Å². The SMILES string of the molecule is CCNC(=O)c1ccc(Nc2cc(-c3c(F)cccc3F)nc3c2C(=O)NC3)nc1. The van der Waals surface area contributed by atoms with Gasteiger partial charge in [0.05, 0.1) is 40.3 Å². The molecule has 1 aliphatic heterocycles. The Hall–Kier alpha value is -3.88. The lowest BCUT2D eigenvalue weighted by atomic mass is 10.1. The highest BCUT2D eigenvalue weighted by Gasteiger charge is 2.27. The van der Waals surface area contributed by atoms with Gasteiger partial charge < -0.3 is 16.0 Å². The number of pyridine rings is 2. The van der Waals surface area contributed by atoms with E-state index in [0.29, 0.717) is 29.3 Å². The average molecular weight is 409 g/mol. The molecule has 0 atom stereocenters. The number of carbonyl (C=O) groups excluding carboxylic acids is 2. The van der Waals surface area contributed by atoms with E-state index >= 15 is 0 Å².